The van der Waals surface area contributed by atoms with Crippen molar-refractivity contribution >= 4 is 18.3 Å². The van der Waals surface area contributed by atoms with E-state index in [2.05, 4.69) is 13.8 Å². The number of carbonyl (C=O) groups is 1. The smallest absolute Gasteiger partial charge is 0.251 e. The van der Waals surface area contributed by atoms with E-state index in [0.29, 0.717) is 12.5 Å². The average Bonchev–Trinajstić information content (AvgIpc) is 2.88. The molecule has 0 aromatic carbocycles. The predicted molar refractivity (Wildman–Crippen MR) is 80.5 cm³/mol. The molecule has 1 heterocycles. The molecule has 1 aliphatic rings. The summed E-state index contributed by atoms with van der Waals surface area (Å²) in [6.45, 7) is 8.54. The molecule has 1 saturated heterocycles. The highest BCUT2D eigenvalue weighted by Gasteiger charge is 2.32. The van der Waals surface area contributed by atoms with Gasteiger partial charge in [0.1, 0.15) is 6.10 Å². The maximum Gasteiger partial charge on any atom is 0.251 e. The normalized spacial score (nSPS) is 22.4. The van der Waals surface area contributed by atoms with Gasteiger partial charge in [-0.1, -0.05) is 26.7 Å². The van der Waals surface area contributed by atoms with Crippen molar-refractivity contribution in [3.8, 4) is 0 Å². The predicted octanol–water partition coefficient (Wildman–Crippen LogP) is 2.20. The lowest BCUT2D eigenvalue weighted by atomic mass is 10.0. The van der Waals surface area contributed by atoms with Crippen molar-refractivity contribution in [2.24, 2.45) is 11.7 Å². The topological polar surface area (TPSA) is 55.6 Å². The SMILES string of the molecule is CCC(CC)CN(CC)C(=O)[C@@H]1CC[C@H](CN)O1.Cl. The minimum Gasteiger partial charge on any atom is -0.364 e. The van der Waals surface area contributed by atoms with Crippen LogP contribution < -0.4 is 5.73 Å². The first kappa shape index (κ1) is 18.7. The molecule has 2 atom stereocenters. The van der Waals surface area contributed by atoms with Crippen LogP contribution in [0.15, 0.2) is 0 Å². The number of amides is 1. The Morgan fingerprint density at radius 1 is 1.32 bits per heavy atom. The third-order valence-corrected chi connectivity index (χ3v) is 3.97. The van der Waals surface area contributed by atoms with E-state index in [0.717, 1.165) is 38.8 Å². The molecule has 1 amide bonds. The maximum atomic E-state index is 12.4. The van der Waals surface area contributed by atoms with E-state index >= 15 is 0 Å². The summed E-state index contributed by atoms with van der Waals surface area (Å²) >= 11 is 0. The van der Waals surface area contributed by atoms with Gasteiger partial charge in [-0.3, -0.25) is 4.79 Å². The lowest BCUT2D eigenvalue weighted by Gasteiger charge is -2.27. The fourth-order valence-corrected chi connectivity index (χ4v) is 2.50. The molecule has 5 heteroatoms. The van der Waals surface area contributed by atoms with Gasteiger partial charge >= 0.3 is 0 Å². The van der Waals surface area contributed by atoms with Gasteiger partial charge in [0.2, 0.25) is 0 Å². The van der Waals surface area contributed by atoms with Crippen LogP contribution >= 0.6 is 12.4 Å². The number of rotatable bonds is 7. The van der Waals surface area contributed by atoms with Crippen LogP contribution in [0.5, 0.6) is 0 Å². The molecule has 1 aliphatic heterocycles. The minimum atomic E-state index is -0.257. The van der Waals surface area contributed by atoms with Gasteiger partial charge < -0.3 is 15.4 Å². The van der Waals surface area contributed by atoms with Crippen LogP contribution in [0.25, 0.3) is 0 Å². The summed E-state index contributed by atoms with van der Waals surface area (Å²) in [4.78, 5) is 14.3. The van der Waals surface area contributed by atoms with Crippen LogP contribution in [-0.2, 0) is 9.53 Å². The van der Waals surface area contributed by atoms with Crippen molar-refractivity contribution in [3.63, 3.8) is 0 Å². The number of carbonyl (C=O) groups excluding carboxylic acids is 1. The molecule has 19 heavy (non-hydrogen) atoms. The second-order valence-corrected chi connectivity index (χ2v) is 5.12. The van der Waals surface area contributed by atoms with E-state index in [-0.39, 0.29) is 30.5 Å². The molecule has 4 nitrogen and oxygen atoms in total. The zero-order valence-corrected chi connectivity index (χ0v) is 13.2. The second kappa shape index (κ2) is 9.56. The van der Waals surface area contributed by atoms with Crippen LogP contribution in [0.2, 0.25) is 0 Å². The molecule has 1 rings (SSSR count). The highest BCUT2D eigenvalue weighted by Crippen LogP contribution is 2.21. The summed E-state index contributed by atoms with van der Waals surface area (Å²) in [5, 5.41) is 0. The number of nitrogens with two attached hydrogens (primary N) is 1. The van der Waals surface area contributed by atoms with Crippen LogP contribution in [0.4, 0.5) is 0 Å². The molecule has 2 N–H and O–H groups in total. The zero-order chi connectivity index (χ0) is 13.5. The van der Waals surface area contributed by atoms with Gasteiger partial charge in [0, 0.05) is 19.6 Å². The Balaban J connectivity index is 0.00000324. The summed E-state index contributed by atoms with van der Waals surface area (Å²) in [6, 6.07) is 0. The molecule has 0 unspecified atom stereocenters. The lowest BCUT2D eigenvalue weighted by Crippen LogP contribution is -2.42. The number of likely N-dealkylation sites (N-methyl/N-ethyl adjacent to an activating group) is 1. The summed E-state index contributed by atoms with van der Waals surface area (Å²) < 4.78 is 5.69. The number of ether oxygens (including phenoxy) is 1. The molecular weight excluding hydrogens is 264 g/mol. The van der Waals surface area contributed by atoms with E-state index in [9.17, 15) is 4.79 Å². The van der Waals surface area contributed by atoms with Crippen LogP contribution in [0, 0.1) is 5.92 Å². The van der Waals surface area contributed by atoms with Crippen LogP contribution in [0.3, 0.4) is 0 Å². The van der Waals surface area contributed by atoms with E-state index in [1.165, 1.54) is 0 Å². The fourth-order valence-electron chi connectivity index (χ4n) is 2.50. The van der Waals surface area contributed by atoms with Gasteiger partial charge in [-0.15, -0.1) is 12.4 Å². The van der Waals surface area contributed by atoms with Gasteiger partial charge in [0.05, 0.1) is 6.10 Å². The van der Waals surface area contributed by atoms with Crippen molar-refractivity contribution in [1.29, 1.82) is 0 Å². The first-order valence-corrected chi connectivity index (χ1v) is 7.30. The van der Waals surface area contributed by atoms with Gasteiger partial charge in [-0.2, -0.15) is 0 Å². The summed E-state index contributed by atoms with van der Waals surface area (Å²) in [7, 11) is 0. The summed E-state index contributed by atoms with van der Waals surface area (Å²) in [5.41, 5.74) is 5.58. The molecule has 0 spiro atoms. The molecular formula is C14H29ClN2O2. The van der Waals surface area contributed by atoms with E-state index in [1.807, 2.05) is 11.8 Å². The Morgan fingerprint density at radius 3 is 2.37 bits per heavy atom. The molecule has 0 aliphatic carbocycles. The van der Waals surface area contributed by atoms with Crippen molar-refractivity contribution < 1.29 is 9.53 Å². The van der Waals surface area contributed by atoms with Crippen LogP contribution in [0.1, 0.15) is 46.5 Å². The average molecular weight is 293 g/mol. The number of hydrogen-bond acceptors (Lipinski definition) is 3. The monoisotopic (exact) mass is 292 g/mol. The standard InChI is InChI=1S/C14H28N2O2.ClH/c1-4-11(5-2)10-16(6-3)14(17)13-8-7-12(9-15)18-13;/h11-13H,4-10,15H2,1-3H3;1H/t12-,13+;/m1./s1. The Morgan fingerprint density at radius 2 is 1.95 bits per heavy atom. The number of hydrogen-bond donors (Lipinski definition) is 1. The zero-order valence-electron chi connectivity index (χ0n) is 12.4. The molecule has 0 aromatic rings. The van der Waals surface area contributed by atoms with Crippen LogP contribution in [-0.4, -0.2) is 42.6 Å². The molecule has 0 saturated carbocycles. The van der Waals surface area contributed by atoms with E-state index in [1.54, 1.807) is 0 Å². The Labute approximate surface area is 123 Å². The van der Waals surface area contributed by atoms with E-state index in [4.69, 9.17) is 10.5 Å². The number of halogens is 1. The van der Waals surface area contributed by atoms with Gasteiger partial charge in [-0.25, -0.2) is 0 Å². The second-order valence-electron chi connectivity index (χ2n) is 5.12. The minimum absolute atomic E-state index is 0. The summed E-state index contributed by atoms with van der Waals surface area (Å²) in [6.07, 6.45) is 3.79. The quantitative estimate of drug-likeness (QED) is 0.783. The molecule has 114 valence electrons. The Hall–Kier alpha value is -0.320. The van der Waals surface area contributed by atoms with Crippen molar-refractivity contribution in [2.45, 2.75) is 58.7 Å². The first-order valence-electron chi connectivity index (χ1n) is 7.30. The number of nitrogens with zero attached hydrogens (tertiary/aromatic N) is 1. The van der Waals surface area contributed by atoms with Crippen molar-refractivity contribution in [1.82, 2.24) is 4.90 Å². The highest BCUT2D eigenvalue weighted by molar-refractivity contribution is 5.85. The molecule has 1 fully saturated rings. The molecule has 0 bridgehead atoms. The molecule has 0 radical (unpaired) electrons. The van der Waals surface area contributed by atoms with Gasteiger partial charge in [0.25, 0.3) is 5.91 Å². The highest BCUT2D eigenvalue weighted by atomic mass is 35.5. The first-order chi connectivity index (χ1) is 8.65. The van der Waals surface area contributed by atoms with Gasteiger partial charge in [0.15, 0.2) is 0 Å². The third-order valence-electron chi connectivity index (χ3n) is 3.97. The summed E-state index contributed by atoms with van der Waals surface area (Å²) in [5.74, 6) is 0.751. The largest absolute Gasteiger partial charge is 0.364 e. The van der Waals surface area contributed by atoms with Crippen molar-refractivity contribution in [2.75, 3.05) is 19.6 Å². The Bertz CT molecular complexity index is 260. The fraction of sp³-hybridized carbons (Fsp3) is 0.929. The molecule has 0 aromatic heterocycles. The van der Waals surface area contributed by atoms with Gasteiger partial charge in [-0.05, 0) is 25.7 Å². The maximum absolute atomic E-state index is 12.4. The van der Waals surface area contributed by atoms with Crippen molar-refractivity contribution in [3.05, 3.63) is 0 Å². The van der Waals surface area contributed by atoms with E-state index < -0.39 is 0 Å². The lowest BCUT2D eigenvalue weighted by molar-refractivity contribution is -0.143. The third kappa shape index (κ3) is 5.28. The Kier molecular flexibility index (Phi) is 9.40.